The van der Waals surface area contributed by atoms with Gasteiger partial charge in [-0.25, -0.2) is 23.3 Å². The summed E-state index contributed by atoms with van der Waals surface area (Å²) >= 11 is 0. The summed E-state index contributed by atoms with van der Waals surface area (Å²) in [5, 5.41) is 7.45. The van der Waals surface area contributed by atoms with Crippen molar-refractivity contribution in [2.45, 2.75) is 25.4 Å². The number of aromatic nitrogens is 6. The number of aromatic amines is 1. The number of hydrogen-bond acceptors (Lipinski definition) is 5. The number of rotatable bonds is 5. The van der Waals surface area contributed by atoms with Crippen LogP contribution in [0.5, 0.6) is 0 Å². The first-order valence-electron chi connectivity index (χ1n) is 9.05. The van der Waals surface area contributed by atoms with Crippen molar-refractivity contribution < 1.29 is 22.0 Å². The van der Waals surface area contributed by atoms with Crippen LogP contribution in [-0.4, -0.2) is 42.3 Å². The Hall–Kier alpha value is -3.31. The van der Waals surface area contributed by atoms with Crippen molar-refractivity contribution in [3.63, 3.8) is 0 Å². The number of H-pyrrole nitrogens is 1. The van der Waals surface area contributed by atoms with E-state index < -0.39 is 18.0 Å². The fourth-order valence-corrected chi connectivity index (χ4v) is 3.35. The SMILES string of the molecule is FC(F)c1cnc2ccc(-c3c[nH]c4nc(NCC5(C(F)(F)F)CC5)ncc34)nn12. The Morgan fingerprint density at radius 1 is 1.17 bits per heavy atom. The molecule has 0 aliphatic heterocycles. The molecule has 0 bridgehead atoms. The Bertz CT molecular complexity index is 1240. The van der Waals surface area contributed by atoms with Crippen LogP contribution >= 0.6 is 0 Å². The smallest absolute Gasteiger partial charge is 0.353 e. The molecule has 4 heterocycles. The Morgan fingerprint density at radius 2 is 1.97 bits per heavy atom. The molecular formula is C18H14F5N7. The largest absolute Gasteiger partial charge is 0.396 e. The molecule has 0 radical (unpaired) electrons. The lowest BCUT2D eigenvalue weighted by atomic mass is 10.1. The minimum absolute atomic E-state index is 0.0735. The Labute approximate surface area is 165 Å². The van der Waals surface area contributed by atoms with Gasteiger partial charge in [0, 0.05) is 29.9 Å². The fourth-order valence-electron chi connectivity index (χ4n) is 3.35. The summed E-state index contributed by atoms with van der Waals surface area (Å²) in [7, 11) is 0. The van der Waals surface area contributed by atoms with Gasteiger partial charge in [0.15, 0.2) is 5.65 Å². The van der Waals surface area contributed by atoms with E-state index in [1.165, 1.54) is 6.20 Å². The molecule has 0 aromatic carbocycles. The predicted molar refractivity (Wildman–Crippen MR) is 97.0 cm³/mol. The molecule has 12 heteroatoms. The molecule has 1 saturated carbocycles. The van der Waals surface area contributed by atoms with E-state index in [4.69, 9.17) is 0 Å². The molecule has 4 aromatic rings. The highest BCUT2D eigenvalue weighted by molar-refractivity contribution is 5.92. The zero-order chi connectivity index (χ0) is 21.1. The van der Waals surface area contributed by atoms with Gasteiger partial charge < -0.3 is 10.3 Å². The minimum atomic E-state index is -4.27. The molecule has 0 spiro atoms. The number of fused-ring (bicyclic) bond motifs is 2. The number of nitrogens with one attached hydrogen (secondary N) is 2. The number of nitrogens with zero attached hydrogens (tertiary/aromatic N) is 5. The summed E-state index contributed by atoms with van der Waals surface area (Å²) in [6.07, 6.45) is -2.71. The van der Waals surface area contributed by atoms with Gasteiger partial charge in [0.1, 0.15) is 11.3 Å². The second kappa shape index (κ2) is 6.34. The van der Waals surface area contributed by atoms with Gasteiger partial charge in [0.2, 0.25) is 5.95 Å². The van der Waals surface area contributed by atoms with E-state index in [1.54, 1.807) is 18.3 Å². The third kappa shape index (κ3) is 2.94. The summed E-state index contributed by atoms with van der Waals surface area (Å²) in [5.41, 5.74) is -0.392. The number of halogens is 5. The van der Waals surface area contributed by atoms with E-state index in [2.05, 4.69) is 30.4 Å². The molecule has 156 valence electrons. The van der Waals surface area contributed by atoms with E-state index in [-0.39, 0.29) is 36.7 Å². The zero-order valence-electron chi connectivity index (χ0n) is 15.2. The maximum absolute atomic E-state index is 13.1. The maximum Gasteiger partial charge on any atom is 0.396 e. The van der Waals surface area contributed by atoms with Crippen LogP contribution in [0.1, 0.15) is 25.0 Å². The average Bonchev–Trinajstić information content (AvgIpc) is 3.22. The lowest BCUT2D eigenvalue weighted by Crippen LogP contribution is -2.31. The van der Waals surface area contributed by atoms with Crippen LogP contribution in [0.15, 0.2) is 30.7 Å². The predicted octanol–water partition coefficient (Wildman–Crippen LogP) is 4.36. The first kappa shape index (κ1) is 18.7. The van der Waals surface area contributed by atoms with Gasteiger partial charge in [0.25, 0.3) is 6.43 Å². The standard InChI is InChI=1S/C18H14F5N7/c19-14(20)12-7-24-13-2-1-11(29-30(12)13)9-5-25-15-10(9)6-26-16(28-15)27-8-17(3-4-17)18(21,22)23/h1-2,5-7,14H,3-4,8H2,(H2,25,26,27,28). The van der Waals surface area contributed by atoms with Crippen molar-refractivity contribution in [1.29, 1.82) is 0 Å². The molecule has 0 amide bonds. The number of imidazole rings is 1. The normalized spacial score (nSPS) is 15.9. The highest BCUT2D eigenvalue weighted by Gasteiger charge is 2.62. The highest BCUT2D eigenvalue weighted by Crippen LogP contribution is 2.57. The maximum atomic E-state index is 13.1. The highest BCUT2D eigenvalue weighted by atomic mass is 19.4. The second-order valence-electron chi connectivity index (χ2n) is 7.26. The molecule has 1 fully saturated rings. The third-order valence-corrected chi connectivity index (χ3v) is 5.36. The van der Waals surface area contributed by atoms with Crippen LogP contribution in [0.2, 0.25) is 0 Å². The summed E-state index contributed by atoms with van der Waals surface area (Å²) in [4.78, 5) is 15.1. The molecule has 0 atom stereocenters. The number of alkyl halides is 5. The molecule has 1 aliphatic rings. The summed E-state index contributed by atoms with van der Waals surface area (Å²) in [5.74, 6) is 0.0735. The Morgan fingerprint density at radius 3 is 2.67 bits per heavy atom. The molecule has 5 rings (SSSR count). The molecule has 1 aliphatic carbocycles. The second-order valence-corrected chi connectivity index (χ2v) is 7.26. The van der Waals surface area contributed by atoms with Crippen LogP contribution in [0.3, 0.4) is 0 Å². The lowest BCUT2D eigenvalue weighted by Gasteiger charge is -2.19. The Kier molecular flexibility index (Phi) is 3.95. The monoisotopic (exact) mass is 423 g/mol. The van der Waals surface area contributed by atoms with Crippen molar-refractivity contribution >= 4 is 22.6 Å². The van der Waals surface area contributed by atoms with Gasteiger partial charge in [-0.2, -0.15) is 23.3 Å². The van der Waals surface area contributed by atoms with Crippen molar-refractivity contribution in [2.24, 2.45) is 5.41 Å². The van der Waals surface area contributed by atoms with Crippen LogP contribution in [0, 0.1) is 5.41 Å². The summed E-state index contributed by atoms with van der Waals surface area (Å²) in [6.45, 7) is -0.287. The van der Waals surface area contributed by atoms with Crippen molar-refractivity contribution in [2.75, 3.05) is 11.9 Å². The van der Waals surface area contributed by atoms with Crippen LogP contribution in [-0.2, 0) is 0 Å². The van der Waals surface area contributed by atoms with Gasteiger partial charge in [-0.15, -0.1) is 0 Å². The van der Waals surface area contributed by atoms with Crippen molar-refractivity contribution in [3.8, 4) is 11.3 Å². The molecule has 4 aromatic heterocycles. The van der Waals surface area contributed by atoms with Gasteiger partial charge in [-0.05, 0) is 25.0 Å². The molecule has 0 saturated heterocycles. The Balaban J connectivity index is 1.44. The molecule has 0 unspecified atom stereocenters. The fraction of sp³-hybridized carbons (Fsp3) is 0.333. The van der Waals surface area contributed by atoms with Crippen molar-refractivity contribution in [1.82, 2.24) is 29.5 Å². The topological polar surface area (TPSA) is 83.8 Å². The van der Waals surface area contributed by atoms with Gasteiger partial charge in [-0.3, -0.25) is 0 Å². The van der Waals surface area contributed by atoms with E-state index in [0.29, 0.717) is 22.3 Å². The molecule has 7 nitrogen and oxygen atoms in total. The van der Waals surface area contributed by atoms with Crippen molar-refractivity contribution in [3.05, 3.63) is 36.4 Å². The van der Waals surface area contributed by atoms with Gasteiger partial charge >= 0.3 is 6.18 Å². The van der Waals surface area contributed by atoms with E-state index in [9.17, 15) is 22.0 Å². The van der Waals surface area contributed by atoms with Crippen LogP contribution in [0.25, 0.3) is 27.9 Å². The summed E-state index contributed by atoms with van der Waals surface area (Å²) < 4.78 is 66.5. The number of hydrogen-bond donors (Lipinski definition) is 2. The van der Waals surface area contributed by atoms with Gasteiger partial charge in [-0.1, -0.05) is 0 Å². The quantitative estimate of drug-likeness (QED) is 0.466. The van der Waals surface area contributed by atoms with Gasteiger partial charge in [0.05, 0.1) is 17.3 Å². The average molecular weight is 423 g/mol. The minimum Gasteiger partial charge on any atom is -0.353 e. The molecular weight excluding hydrogens is 409 g/mol. The third-order valence-electron chi connectivity index (χ3n) is 5.36. The summed E-state index contributed by atoms with van der Waals surface area (Å²) in [6, 6.07) is 3.20. The first-order chi connectivity index (χ1) is 14.3. The molecule has 2 N–H and O–H groups in total. The lowest BCUT2D eigenvalue weighted by molar-refractivity contribution is -0.182. The van der Waals surface area contributed by atoms with Crippen LogP contribution in [0.4, 0.5) is 27.9 Å². The zero-order valence-corrected chi connectivity index (χ0v) is 15.2. The van der Waals surface area contributed by atoms with E-state index in [0.717, 1.165) is 10.7 Å². The van der Waals surface area contributed by atoms with E-state index >= 15 is 0 Å². The van der Waals surface area contributed by atoms with E-state index in [1.807, 2.05) is 0 Å². The first-order valence-corrected chi connectivity index (χ1v) is 9.05. The van der Waals surface area contributed by atoms with Crippen LogP contribution < -0.4 is 5.32 Å². The number of anilines is 1. The molecule has 30 heavy (non-hydrogen) atoms.